The Kier molecular flexibility index (Phi) is 4.51. The van der Waals surface area contributed by atoms with E-state index in [-0.39, 0.29) is 16.4 Å². The van der Waals surface area contributed by atoms with Crippen molar-refractivity contribution in [2.45, 2.75) is 4.90 Å². The van der Waals surface area contributed by atoms with Crippen molar-refractivity contribution in [3.05, 3.63) is 18.2 Å². The van der Waals surface area contributed by atoms with Crippen LogP contribution in [0.25, 0.3) is 0 Å². The molecule has 0 aromatic heterocycles. The predicted molar refractivity (Wildman–Crippen MR) is 62.4 cm³/mol. The van der Waals surface area contributed by atoms with E-state index in [9.17, 15) is 13.2 Å². The molecule has 18 heavy (non-hydrogen) atoms. The fourth-order valence-corrected chi connectivity index (χ4v) is 2.46. The molecule has 0 aliphatic heterocycles. The Bertz CT molecular complexity index is 539. The van der Waals surface area contributed by atoms with Gasteiger partial charge in [-0.2, -0.15) is 4.72 Å². The summed E-state index contributed by atoms with van der Waals surface area (Å²) >= 11 is 0. The number of rotatable bonds is 6. The summed E-state index contributed by atoms with van der Waals surface area (Å²) in [5.74, 6) is -1.01. The summed E-state index contributed by atoms with van der Waals surface area (Å²) < 4.78 is 35.6. The SMILES string of the molecule is COc1cccc(S(=O)(=O)NCC(=O)O)c1OC. The number of benzene rings is 1. The van der Waals surface area contributed by atoms with Gasteiger partial charge in [0.15, 0.2) is 11.5 Å². The molecule has 0 aliphatic rings. The molecule has 8 heteroatoms. The van der Waals surface area contributed by atoms with Crippen molar-refractivity contribution in [1.82, 2.24) is 4.72 Å². The summed E-state index contributed by atoms with van der Waals surface area (Å²) in [6.07, 6.45) is 0. The Labute approximate surface area is 104 Å². The predicted octanol–water partition coefficient (Wildman–Crippen LogP) is 0.0667. The number of nitrogens with one attached hydrogen (secondary N) is 1. The molecule has 1 aromatic carbocycles. The van der Waals surface area contributed by atoms with Crippen molar-refractivity contribution < 1.29 is 27.8 Å². The van der Waals surface area contributed by atoms with Crippen molar-refractivity contribution in [1.29, 1.82) is 0 Å². The number of sulfonamides is 1. The van der Waals surface area contributed by atoms with E-state index in [1.807, 2.05) is 4.72 Å². The Morgan fingerprint density at radius 1 is 1.33 bits per heavy atom. The molecule has 2 N–H and O–H groups in total. The maximum absolute atomic E-state index is 11.9. The molecule has 0 saturated heterocycles. The van der Waals surface area contributed by atoms with Crippen molar-refractivity contribution in [2.75, 3.05) is 20.8 Å². The van der Waals surface area contributed by atoms with Crippen molar-refractivity contribution in [3.63, 3.8) is 0 Å². The second-order valence-corrected chi connectivity index (χ2v) is 4.95. The van der Waals surface area contributed by atoms with Gasteiger partial charge in [0, 0.05) is 0 Å². The van der Waals surface area contributed by atoms with Gasteiger partial charge in [-0.1, -0.05) is 6.07 Å². The molecule has 1 aromatic rings. The highest BCUT2D eigenvalue weighted by Crippen LogP contribution is 2.33. The van der Waals surface area contributed by atoms with E-state index in [2.05, 4.69) is 0 Å². The lowest BCUT2D eigenvalue weighted by Crippen LogP contribution is -2.29. The third-order valence-corrected chi connectivity index (χ3v) is 3.49. The first-order chi connectivity index (χ1) is 8.42. The number of para-hydroxylation sites is 1. The molecule has 0 amide bonds. The fraction of sp³-hybridized carbons (Fsp3) is 0.300. The van der Waals surface area contributed by atoms with Crippen LogP contribution in [0.15, 0.2) is 23.1 Å². The summed E-state index contributed by atoms with van der Waals surface area (Å²) in [5, 5.41) is 8.47. The lowest BCUT2D eigenvalue weighted by molar-refractivity contribution is -0.135. The summed E-state index contributed by atoms with van der Waals surface area (Å²) in [4.78, 5) is 10.2. The van der Waals surface area contributed by atoms with E-state index in [0.717, 1.165) is 0 Å². The van der Waals surface area contributed by atoms with Crippen LogP contribution in [0.3, 0.4) is 0 Å². The largest absolute Gasteiger partial charge is 0.493 e. The van der Waals surface area contributed by atoms with Gasteiger partial charge >= 0.3 is 5.97 Å². The number of hydrogen-bond acceptors (Lipinski definition) is 5. The zero-order valence-corrected chi connectivity index (χ0v) is 10.7. The van der Waals surface area contributed by atoms with Gasteiger partial charge in [0.1, 0.15) is 11.4 Å². The highest BCUT2D eigenvalue weighted by Gasteiger charge is 2.22. The third-order valence-electron chi connectivity index (χ3n) is 2.07. The molecule has 0 atom stereocenters. The normalized spacial score (nSPS) is 11.0. The van der Waals surface area contributed by atoms with Gasteiger partial charge in [-0.25, -0.2) is 8.42 Å². The van der Waals surface area contributed by atoms with Gasteiger partial charge in [0.05, 0.1) is 14.2 Å². The van der Waals surface area contributed by atoms with Crippen LogP contribution in [0.2, 0.25) is 0 Å². The number of aliphatic carboxylic acids is 1. The summed E-state index contributed by atoms with van der Waals surface area (Å²) in [6, 6.07) is 4.30. The van der Waals surface area contributed by atoms with Gasteiger partial charge in [0.2, 0.25) is 10.0 Å². The molecule has 0 fully saturated rings. The molecule has 0 heterocycles. The van der Waals surface area contributed by atoms with Gasteiger partial charge < -0.3 is 14.6 Å². The van der Waals surface area contributed by atoms with Crippen LogP contribution in [0.1, 0.15) is 0 Å². The molecule has 0 radical (unpaired) electrons. The lowest BCUT2D eigenvalue weighted by atomic mass is 10.3. The van der Waals surface area contributed by atoms with Crippen LogP contribution in [0.5, 0.6) is 11.5 Å². The average Bonchev–Trinajstić information content (AvgIpc) is 2.35. The van der Waals surface area contributed by atoms with Crippen molar-refractivity contribution >= 4 is 16.0 Å². The molecule has 0 aliphatic carbocycles. The molecular weight excluding hydrogens is 262 g/mol. The lowest BCUT2D eigenvalue weighted by Gasteiger charge is -2.12. The first-order valence-electron chi connectivity index (χ1n) is 4.85. The van der Waals surface area contributed by atoms with Crippen LogP contribution in [0, 0.1) is 0 Å². The smallest absolute Gasteiger partial charge is 0.318 e. The molecule has 7 nitrogen and oxygen atoms in total. The summed E-state index contributed by atoms with van der Waals surface area (Å²) in [7, 11) is -1.29. The Morgan fingerprint density at radius 2 is 2.00 bits per heavy atom. The number of hydrogen-bond donors (Lipinski definition) is 2. The molecule has 0 bridgehead atoms. The van der Waals surface area contributed by atoms with E-state index in [1.165, 1.54) is 32.4 Å². The van der Waals surface area contributed by atoms with Crippen LogP contribution in [0.4, 0.5) is 0 Å². The highest BCUT2D eigenvalue weighted by atomic mass is 32.2. The number of carboxylic acid groups (broad SMARTS) is 1. The maximum Gasteiger partial charge on any atom is 0.318 e. The number of ether oxygens (including phenoxy) is 2. The first kappa shape index (κ1) is 14.3. The van der Waals surface area contributed by atoms with Crippen LogP contribution in [-0.4, -0.2) is 40.3 Å². The minimum absolute atomic E-state index is 0.0258. The van der Waals surface area contributed by atoms with E-state index in [0.29, 0.717) is 0 Å². The minimum Gasteiger partial charge on any atom is -0.493 e. The quantitative estimate of drug-likeness (QED) is 0.761. The zero-order chi connectivity index (χ0) is 13.8. The third kappa shape index (κ3) is 3.11. The summed E-state index contributed by atoms with van der Waals surface area (Å²) in [5.41, 5.74) is 0. The Hall–Kier alpha value is -1.80. The van der Waals surface area contributed by atoms with Gasteiger partial charge in [-0.3, -0.25) is 4.79 Å². The number of carboxylic acids is 1. The average molecular weight is 275 g/mol. The molecule has 0 saturated carbocycles. The van der Waals surface area contributed by atoms with Gasteiger partial charge in [0.25, 0.3) is 0 Å². The minimum atomic E-state index is -3.97. The Balaban J connectivity index is 3.19. The van der Waals surface area contributed by atoms with Crippen molar-refractivity contribution in [3.8, 4) is 11.5 Å². The molecular formula is C10H13NO6S. The zero-order valence-electron chi connectivity index (χ0n) is 9.84. The van der Waals surface area contributed by atoms with Crippen LogP contribution >= 0.6 is 0 Å². The monoisotopic (exact) mass is 275 g/mol. The van der Waals surface area contributed by atoms with E-state index in [4.69, 9.17) is 14.6 Å². The van der Waals surface area contributed by atoms with Gasteiger partial charge in [-0.15, -0.1) is 0 Å². The molecule has 100 valence electrons. The standard InChI is InChI=1S/C10H13NO6S/c1-16-7-4-3-5-8(10(7)17-2)18(14,15)11-6-9(12)13/h3-5,11H,6H2,1-2H3,(H,12,13). The molecule has 1 rings (SSSR count). The first-order valence-corrected chi connectivity index (χ1v) is 6.33. The number of methoxy groups -OCH3 is 2. The van der Waals surface area contributed by atoms with Crippen molar-refractivity contribution in [2.24, 2.45) is 0 Å². The topological polar surface area (TPSA) is 102 Å². The van der Waals surface area contributed by atoms with E-state index < -0.39 is 22.5 Å². The van der Waals surface area contributed by atoms with E-state index >= 15 is 0 Å². The second kappa shape index (κ2) is 5.69. The Morgan fingerprint density at radius 3 is 2.50 bits per heavy atom. The van der Waals surface area contributed by atoms with Crippen LogP contribution < -0.4 is 14.2 Å². The number of carbonyl (C=O) groups is 1. The van der Waals surface area contributed by atoms with Gasteiger partial charge in [-0.05, 0) is 12.1 Å². The second-order valence-electron chi connectivity index (χ2n) is 3.21. The maximum atomic E-state index is 11.9. The summed E-state index contributed by atoms with van der Waals surface area (Å²) in [6.45, 7) is -0.706. The molecule has 0 unspecified atom stereocenters. The van der Waals surface area contributed by atoms with E-state index in [1.54, 1.807) is 0 Å². The molecule has 0 spiro atoms. The van der Waals surface area contributed by atoms with Crippen LogP contribution in [-0.2, 0) is 14.8 Å². The fourth-order valence-electron chi connectivity index (χ4n) is 1.30. The highest BCUT2D eigenvalue weighted by molar-refractivity contribution is 7.89.